The summed E-state index contributed by atoms with van der Waals surface area (Å²) in [7, 11) is 1.42. The molecular formula is C27H33N5O5. The summed E-state index contributed by atoms with van der Waals surface area (Å²) in [5.41, 5.74) is 1.51. The summed E-state index contributed by atoms with van der Waals surface area (Å²) in [6, 6.07) is 12.7. The van der Waals surface area contributed by atoms with Crippen molar-refractivity contribution in [3.63, 3.8) is 0 Å². The number of ether oxygens (including phenoxy) is 2. The number of likely N-dealkylation sites (tertiary alicyclic amines) is 1. The van der Waals surface area contributed by atoms with E-state index in [2.05, 4.69) is 20.2 Å². The van der Waals surface area contributed by atoms with Crippen LogP contribution in [-0.4, -0.2) is 58.6 Å². The fourth-order valence-corrected chi connectivity index (χ4v) is 4.74. The van der Waals surface area contributed by atoms with E-state index in [-0.39, 0.29) is 29.5 Å². The summed E-state index contributed by atoms with van der Waals surface area (Å²) < 4.78 is 10.8. The van der Waals surface area contributed by atoms with Gasteiger partial charge in [0.25, 0.3) is 0 Å². The van der Waals surface area contributed by atoms with Gasteiger partial charge in [0.15, 0.2) is 5.75 Å². The number of esters is 1. The monoisotopic (exact) mass is 507 g/mol. The first-order valence-electron chi connectivity index (χ1n) is 12.7. The lowest BCUT2D eigenvalue weighted by Gasteiger charge is -2.33. The van der Waals surface area contributed by atoms with Crippen LogP contribution in [0.5, 0.6) is 5.75 Å². The van der Waals surface area contributed by atoms with Crippen LogP contribution in [-0.2, 0) is 9.53 Å². The van der Waals surface area contributed by atoms with Crippen molar-refractivity contribution in [3.05, 3.63) is 64.5 Å². The largest absolute Gasteiger partial charge is 0.487 e. The number of methoxy groups -OCH3 is 1. The van der Waals surface area contributed by atoms with Gasteiger partial charge < -0.3 is 14.8 Å². The first kappa shape index (κ1) is 26.3. The van der Waals surface area contributed by atoms with Crippen molar-refractivity contribution in [1.29, 1.82) is 0 Å². The molecule has 0 saturated carbocycles. The second kappa shape index (κ2) is 12.4. The van der Waals surface area contributed by atoms with Crippen LogP contribution in [0, 0.1) is 10.1 Å². The molecule has 196 valence electrons. The minimum atomic E-state index is -0.444. The molecular weight excluding hydrogens is 474 g/mol. The number of nitro benzene ring substituents is 1. The minimum Gasteiger partial charge on any atom is -0.487 e. The molecule has 1 aliphatic rings. The molecule has 0 amide bonds. The van der Waals surface area contributed by atoms with E-state index in [1.54, 1.807) is 6.07 Å². The third-order valence-electron chi connectivity index (χ3n) is 6.75. The van der Waals surface area contributed by atoms with E-state index in [9.17, 15) is 14.9 Å². The Bertz CT molecular complexity index is 1220. The molecule has 2 aromatic carbocycles. The number of piperidine rings is 1. The number of carbonyl (C=O) groups is 1. The lowest BCUT2D eigenvalue weighted by molar-refractivity contribution is -0.385. The quantitative estimate of drug-likeness (QED) is 0.167. The number of anilines is 1. The fourth-order valence-electron chi connectivity index (χ4n) is 4.74. The number of rotatable bonds is 11. The topological polar surface area (TPSA) is 120 Å². The minimum absolute atomic E-state index is 0.0482. The number of fused-ring (bicyclic) bond motifs is 1. The first-order chi connectivity index (χ1) is 18.0. The van der Waals surface area contributed by atoms with Crippen LogP contribution in [0.1, 0.15) is 50.6 Å². The number of hydrogen-bond donors (Lipinski definition) is 1. The molecule has 1 aromatic heterocycles. The van der Waals surface area contributed by atoms with Crippen LogP contribution in [0.3, 0.4) is 0 Å². The van der Waals surface area contributed by atoms with Crippen molar-refractivity contribution in [2.45, 2.75) is 51.1 Å². The number of carbonyl (C=O) groups excluding carboxylic acids is 1. The van der Waals surface area contributed by atoms with E-state index < -0.39 is 4.92 Å². The highest BCUT2D eigenvalue weighted by atomic mass is 16.6. The van der Waals surface area contributed by atoms with E-state index in [0.717, 1.165) is 44.3 Å². The highest BCUT2D eigenvalue weighted by Crippen LogP contribution is 2.35. The number of nitrogens with one attached hydrogen (secondary N) is 1. The molecule has 2 heterocycles. The third kappa shape index (κ3) is 6.51. The molecule has 37 heavy (non-hydrogen) atoms. The van der Waals surface area contributed by atoms with Gasteiger partial charge in [0.1, 0.15) is 18.2 Å². The van der Waals surface area contributed by atoms with E-state index in [1.165, 1.54) is 19.5 Å². The molecule has 0 bridgehead atoms. The van der Waals surface area contributed by atoms with Gasteiger partial charge in [-0.2, -0.15) is 0 Å². The Labute approximate surface area is 216 Å². The Hall–Kier alpha value is -3.79. The van der Waals surface area contributed by atoms with Crippen molar-refractivity contribution in [3.8, 4) is 5.75 Å². The normalized spacial score (nSPS) is 16.8. The lowest BCUT2D eigenvalue weighted by atomic mass is 10.0. The maximum absolute atomic E-state index is 12.0. The van der Waals surface area contributed by atoms with E-state index in [1.807, 2.05) is 37.3 Å². The summed E-state index contributed by atoms with van der Waals surface area (Å²) in [6.45, 7) is 3.96. The molecule has 1 aliphatic heterocycles. The molecule has 0 spiro atoms. The molecule has 10 heteroatoms. The summed E-state index contributed by atoms with van der Waals surface area (Å²) in [6.07, 6.45) is 5.85. The Morgan fingerprint density at radius 3 is 2.78 bits per heavy atom. The molecule has 0 aliphatic carbocycles. The molecule has 4 rings (SSSR count). The van der Waals surface area contributed by atoms with Crippen molar-refractivity contribution < 1.29 is 19.2 Å². The summed E-state index contributed by atoms with van der Waals surface area (Å²) >= 11 is 0. The Balaban J connectivity index is 1.41. The molecule has 1 unspecified atom stereocenters. The highest BCUT2D eigenvalue weighted by molar-refractivity contribution is 5.92. The van der Waals surface area contributed by atoms with Gasteiger partial charge in [-0.3, -0.25) is 19.8 Å². The van der Waals surface area contributed by atoms with E-state index >= 15 is 0 Å². The Morgan fingerprint density at radius 2 is 2.03 bits per heavy atom. The van der Waals surface area contributed by atoms with Gasteiger partial charge in [-0.25, -0.2) is 9.97 Å². The Kier molecular flexibility index (Phi) is 8.84. The average molecular weight is 508 g/mol. The first-order valence-corrected chi connectivity index (χ1v) is 12.7. The molecule has 3 aromatic rings. The number of nitro groups is 1. The number of benzene rings is 2. The molecule has 1 saturated heterocycles. The highest BCUT2D eigenvalue weighted by Gasteiger charge is 2.28. The maximum Gasteiger partial charge on any atom is 0.323 e. The van der Waals surface area contributed by atoms with Gasteiger partial charge >= 0.3 is 11.7 Å². The molecule has 1 fully saturated rings. The molecule has 10 nitrogen and oxygen atoms in total. The lowest BCUT2D eigenvalue weighted by Crippen LogP contribution is -2.45. The number of unbranched alkanes of at least 4 members (excludes halogenated alkanes) is 1. The van der Waals surface area contributed by atoms with Gasteiger partial charge in [0.2, 0.25) is 0 Å². The van der Waals surface area contributed by atoms with Crippen LogP contribution >= 0.6 is 0 Å². The number of hydrogen-bond acceptors (Lipinski definition) is 9. The van der Waals surface area contributed by atoms with Gasteiger partial charge in [-0.15, -0.1) is 0 Å². The molecule has 1 N–H and O–H groups in total. The predicted molar refractivity (Wildman–Crippen MR) is 141 cm³/mol. The third-order valence-corrected chi connectivity index (χ3v) is 6.75. The standard InChI is InChI=1S/C27H33N5O5/c1-19(20-10-4-3-5-11-20)30-26-21-16-24(32(34)35)25(17-22(21)28-18-29-26)37-15-9-8-14-31-13-7-6-12-23(31)27(33)36-2/h3-5,10-11,16-19,23H,6-9,12-15H2,1-2H3,(H,28,29,30)/t19-,23?/m1/s1. The zero-order valence-corrected chi connectivity index (χ0v) is 21.3. The van der Waals surface area contributed by atoms with Gasteiger partial charge in [-0.05, 0) is 51.3 Å². The van der Waals surface area contributed by atoms with Crippen LogP contribution < -0.4 is 10.1 Å². The van der Waals surface area contributed by atoms with Crippen molar-refractivity contribution >= 4 is 28.4 Å². The summed E-state index contributed by atoms with van der Waals surface area (Å²) in [5.74, 6) is 0.526. The number of aromatic nitrogens is 2. The van der Waals surface area contributed by atoms with Crippen molar-refractivity contribution in [2.75, 3.05) is 32.1 Å². The molecule has 2 atom stereocenters. The van der Waals surface area contributed by atoms with Gasteiger partial charge in [0.05, 0.1) is 24.2 Å². The zero-order chi connectivity index (χ0) is 26.2. The van der Waals surface area contributed by atoms with Crippen molar-refractivity contribution in [1.82, 2.24) is 14.9 Å². The van der Waals surface area contributed by atoms with Gasteiger partial charge in [-0.1, -0.05) is 36.8 Å². The summed E-state index contributed by atoms with van der Waals surface area (Å²) in [5, 5.41) is 15.8. The SMILES string of the molecule is COC(=O)C1CCCCN1CCCCOc1cc2ncnc(N[C@H](C)c3ccccc3)c2cc1[N+](=O)[O-]. The smallest absolute Gasteiger partial charge is 0.323 e. The van der Waals surface area contributed by atoms with Gasteiger partial charge in [0, 0.05) is 23.6 Å². The molecule has 0 radical (unpaired) electrons. The summed E-state index contributed by atoms with van der Waals surface area (Å²) in [4.78, 5) is 34.3. The fraction of sp³-hybridized carbons (Fsp3) is 0.444. The van der Waals surface area contributed by atoms with Crippen LogP contribution in [0.4, 0.5) is 11.5 Å². The second-order valence-electron chi connectivity index (χ2n) is 9.22. The Morgan fingerprint density at radius 1 is 1.22 bits per heavy atom. The maximum atomic E-state index is 12.0. The number of nitrogens with zero attached hydrogens (tertiary/aromatic N) is 4. The van der Waals surface area contributed by atoms with Crippen LogP contribution in [0.2, 0.25) is 0 Å². The van der Waals surface area contributed by atoms with E-state index in [4.69, 9.17) is 9.47 Å². The van der Waals surface area contributed by atoms with Crippen molar-refractivity contribution in [2.24, 2.45) is 0 Å². The van der Waals surface area contributed by atoms with Crippen LogP contribution in [0.15, 0.2) is 48.8 Å². The van der Waals surface area contributed by atoms with E-state index in [0.29, 0.717) is 29.7 Å². The predicted octanol–water partition coefficient (Wildman–Crippen LogP) is 4.90. The average Bonchev–Trinajstić information content (AvgIpc) is 2.92. The second-order valence-corrected chi connectivity index (χ2v) is 9.22. The van der Waals surface area contributed by atoms with Crippen LogP contribution in [0.25, 0.3) is 10.9 Å². The zero-order valence-electron chi connectivity index (χ0n) is 21.3.